The largest absolute Gasteiger partial charge is 0.349 e. The molecule has 6 heteroatoms. The summed E-state index contributed by atoms with van der Waals surface area (Å²) in [6.07, 6.45) is -0.450. The molecule has 120 valence electrons. The fourth-order valence-corrected chi connectivity index (χ4v) is 2.05. The van der Waals surface area contributed by atoms with E-state index < -0.39 is 29.9 Å². The first kappa shape index (κ1) is 16.6. The summed E-state index contributed by atoms with van der Waals surface area (Å²) in [5, 5.41) is 4.92. The van der Waals surface area contributed by atoms with Gasteiger partial charge in [0.2, 0.25) is 11.8 Å². The second-order valence-corrected chi connectivity index (χ2v) is 5.05. The van der Waals surface area contributed by atoms with Gasteiger partial charge in [-0.15, -0.1) is 0 Å². The molecule has 0 aliphatic carbocycles. The zero-order valence-electron chi connectivity index (χ0n) is 12.5. The smallest absolute Gasteiger partial charge is 0.233 e. The van der Waals surface area contributed by atoms with Crippen LogP contribution in [-0.2, 0) is 9.59 Å². The Hall–Kier alpha value is -2.76. The maximum atomic E-state index is 13.4. The van der Waals surface area contributed by atoms with Crippen molar-refractivity contribution >= 4 is 17.5 Å². The van der Waals surface area contributed by atoms with Crippen LogP contribution in [0.2, 0.25) is 0 Å². The second kappa shape index (κ2) is 7.49. The summed E-state index contributed by atoms with van der Waals surface area (Å²) in [4.78, 5) is 23.6. The Morgan fingerprint density at radius 3 is 2.39 bits per heavy atom. The zero-order valence-corrected chi connectivity index (χ0v) is 12.5. The molecule has 2 N–H and O–H groups in total. The predicted molar refractivity (Wildman–Crippen MR) is 82.6 cm³/mol. The third-order valence-corrected chi connectivity index (χ3v) is 3.20. The number of amides is 2. The van der Waals surface area contributed by atoms with Crippen LogP contribution in [0.25, 0.3) is 0 Å². The van der Waals surface area contributed by atoms with E-state index in [1.165, 1.54) is 0 Å². The van der Waals surface area contributed by atoms with Crippen molar-refractivity contribution in [1.29, 1.82) is 0 Å². The second-order valence-electron chi connectivity index (χ2n) is 5.05. The van der Waals surface area contributed by atoms with Crippen LogP contribution in [0.4, 0.5) is 14.5 Å². The Balaban J connectivity index is 1.88. The predicted octanol–water partition coefficient (Wildman–Crippen LogP) is 3.17. The molecule has 23 heavy (non-hydrogen) atoms. The molecule has 0 aliphatic heterocycles. The molecule has 0 aliphatic rings. The molecule has 1 unspecified atom stereocenters. The maximum absolute atomic E-state index is 13.4. The Kier molecular flexibility index (Phi) is 5.41. The first-order chi connectivity index (χ1) is 11.0. The number of hydrogen-bond donors (Lipinski definition) is 2. The molecule has 0 saturated heterocycles. The molecule has 0 bridgehead atoms. The van der Waals surface area contributed by atoms with Crippen molar-refractivity contribution in [2.45, 2.75) is 19.4 Å². The Morgan fingerprint density at radius 2 is 1.74 bits per heavy atom. The average molecular weight is 318 g/mol. The van der Waals surface area contributed by atoms with E-state index in [4.69, 9.17) is 0 Å². The summed E-state index contributed by atoms with van der Waals surface area (Å²) in [6, 6.07) is 11.8. The van der Waals surface area contributed by atoms with Crippen molar-refractivity contribution < 1.29 is 18.4 Å². The van der Waals surface area contributed by atoms with Gasteiger partial charge in [-0.3, -0.25) is 9.59 Å². The van der Waals surface area contributed by atoms with E-state index in [1.54, 1.807) is 6.92 Å². The molecule has 2 rings (SSSR count). The standard InChI is InChI=1S/C17H16F2N2O2/c1-11(12-5-3-2-4-6-12)20-16(22)10-17(23)21-15-8-7-13(18)9-14(15)19/h2-9,11H,10H2,1H3,(H,20,22)(H,21,23). The van der Waals surface area contributed by atoms with Gasteiger partial charge in [-0.25, -0.2) is 8.78 Å². The van der Waals surface area contributed by atoms with Crippen molar-refractivity contribution in [3.8, 4) is 0 Å². The van der Waals surface area contributed by atoms with Crippen LogP contribution >= 0.6 is 0 Å². The number of benzene rings is 2. The molecule has 2 aromatic carbocycles. The van der Waals surface area contributed by atoms with Crippen molar-refractivity contribution in [1.82, 2.24) is 5.32 Å². The van der Waals surface area contributed by atoms with Crippen LogP contribution in [-0.4, -0.2) is 11.8 Å². The normalized spacial score (nSPS) is 11.6. The van der Waals surface area contributed by atoms with Gasteiger partial charge in [0, 0.05) is 6.07 Å². The molecule has 0 aromatic heterocycles. The molecule has 0 heterocycles. The molecule has 0 fully saturated rings. The van der Waals surface area contributed by atoms with Gasteiger partial charge in [0.25, 0.3) is 0 Å². The highest BCUT2D eigenvalue weighted by atomic mass is 19.1. The van der Waals surface area contributed by atoms with Gasteiger partial charge >= 0.3 is 0 Å². The van der Waals surface area contributed by atoms with Crippen molar-refractivity contribution in [2.24, 2.45) is 0 Å². The highest BCUT2D eigenvalue weighted by Crippen LogP contribution is 2.15. The lowest BCUT2D eigenvalue weighted by Gasteiger charge is -2.14. The highest BCUT2D eigenvalue weighted by Gasteiger charge is 2.14. The summed E-state index contributed by atoms with van der Waals surface area (Å²) in [5.41, 5.74) is 0.742. The lowest BCUT2D eigenvalue weighted by atomic mass is 10.1. The van der Waals surface area contributed by atoms with Gasteiger partial charge in [-0.1, -0.05) is 30.3 Å². The maximum Gasteiger partial charge on any atom is 0.233 e. The Labute approximate surface area is 132 Å². The summed E-state index contributed by atoms with van der Waals surface area (Å²) in [5.74, 6) is -2.79. The lowest BCUT2D eigenvalue weighted by Crippen LogP contribution is -2.30. The monoisotopic (exact) mass is 318 g/mol. The molecule has 0 saturated carbocycles. The van der Waals surface area contributed by atoms with Crippen LogP contribution in [0.15, 0.2) is 48.5 Å². The molecular formula is C17H16F2N2O2. The van der Waals surface area contributed by atoms with Gasteiger partial charge in [0.1, 0.15) is 18.1 Å². The van der Waals surface area contributed by atoms with Crippen LogP contribution in [0.3, 0.4) is 0 Å². The quantitative estimate of drug-likeness (QED) is 0.832. The van der Waals surface area contributed by atoms with Crippen molar-refractivity contribution in [3.05, 3.63) is 65.7 Å². The van der Waals surface area contributed by atoms with Gasteiger partial charge in [0.15, 0.2) is 0 Å². The number of nitrogens with one attached hydrogen (secondary N) is 2. The van der Waals surface area contributed by atoms with E-state index >= 15 is 0 Å². The minimum Gasteiger partial charge on any atom is -0.349 e. The summed E-state index contributed by atoms with van der Waals surface area (Å²) >= 11 is 0. The van der Waals surface area contributed by atoms with Crippen molar-refractivity contribution in [2.75, 3.05) is 5.32 Å². The van der Waals surface area contributed by atoms with Crippen LogP contribution in [0.5, 0.6) is 0 Å². The highest BCUT2D eigenvalue weighted by molar-refractivity contribution is 6.03. The van der Waals surface area contributed by atoms with Gasteiger partial charge in [0.05, 0.1) is 11.7 Å². The van der Waals surface area contributed by atoms with Gasteiger partial charge in [-0.05, 0) is 24.6 Å². The minimum absolute atomic E-state index is 0.166. The fourth-order valence-electron chi connectivity index (χ4n) is 2.05. The summed E-state index contributed by atoms with van der Waals surface area (Å²) < 4.78 is 26.2. The van der Waals surface area contributed by atoms with Crippen LogP contribution in [0.1, 0.15) is 24.9 Å². The summed E-state index contributed by atoms with van der Waals surface area (Å²) in [7, 11) is 0. The topological polar surface area (TPSA) is 58.2 Å². The van der Waals surface area contributed by atoms with Crippen LogP contribution in [0, 0.1) is 11.6 Å². The number of carbonyl (C=O) groups is 2. The first-order valence-corrected chi connectivity index (χ1v) is 7.05. The average Bonchev–Trinajstić information content (AvgIpc) is 2.50. The Bertz CT molecular complexity index is 705. The molecule has 0 radical (unpaired) electrons. The zero-order chi connectivity index (χ0) is 16.8. The number of halogens is 2. The molecular weight excluding hydrogens is 302 g/mol. The molecule has 2 aromatic rings. The summed E-state index contributed by atoms with van der Waals surface area (Å²) in [6.45, 7) is 1.80. The third kappa shape index (κ3) is 4.88. The van der Waals surface area contributed by atoms with Crippen molar-refractivity contribution in [3.63, 3.8) is 0 Å². The molecule has 1 atom stereocenters. The van der Waals surface area contributed by atoms with Gasteiger partial charge in [-0.2, -0.15) is 0 Å². The molecule has 2 amide bonds. The number of rotatable bonds is 5. The number of anilines is 1. The molecule has 4 nitrogen and oxygen atoms in total. The lowest BCUT2D eigenvalue weighted by molar-refractivity contribution is -0.127. The van der Waals surface area contributed by atoms with E-state index in [2.05, 4.69) is 10.6 Å². The van der Waals surface area contributed by atoms with Crippen LogP contribution < -0.4 is 10.6 Å². The number of carbonyl (C=O) groups excluding carboxylic acids is 2. The van der Waals surface area contributed by atoms with E-state index in [-0.39, 0.29) is 11.7 Å². The van der Waals surface area contributed by atoms with E-state index in [0.717, 1.165) is 17.7 Å². The minimum atomic E-state index is -0.892. The van der Waals surface area contributed by atoms with E-state index in [9.17, 15) is 18.4 Å². The first-order valence-electron chi connectivity index (χ1n) is 7.05. The third-order valence-electron chi connectivity index (χ3n) is 3.20. The SMILES string of the molecule is CC(NC(=O)CC(=O)Nc1ccc(F)cc1F)c1ccccc1. The van der Waals surface area contributed by atoms with E-state index in [1.807, 2.05) is 30.3 Å². The fraction of sp³-hybridized carbons (Fsp3) is 0.176. The van der Waals surface area contributed by atoms with Gasteiger partial charge < -0.3 is 10.6 Å². The number of hydrogen-bond acceptors (Lipinski definition) is 2. The Morgan fingerprint density at radius 1 is 1.04 bits per heavy atom. The van der Waals surface area contributed by atoms with E-state index in [0.29, 0.717) is 6.07 Å². The molecule has 0 spiro atoms.